The molecule has 5 aromatic rings. The van der Waals surface area contributed by atoms with Crippen LogP contribution in [0, 0.1) is 12.7 Å². The lowest BCUT2D eigenvalue weighted by Gasteiger charge is -2.26. The van der Waals surface area contributed by atoms with E-state index in [1.807, 2.05) is 13.8 Å². The molecule has 0 saturated carbocycles. The molecule has 0 aliphatic carbocycles. The number of fused-ring (bicyclic) bond motifs is 2. The maximum Gasteiger partial charge on any atom is 0.355 e. The lowest BCUT2D eigenvalue weighted by Crippen LogP contribution is -2.41. The minimum Gasteiger partial charge on any atom is -0.375 e. The number of pyridine rings is 2. The fraction of sp³-hybridized carbons (Fsp3) is 0.290. The Bertz CT molecular complexity index is 2060. The lowest BCUT2D eigenvalue weighted by atomic mass is 10.0. The van der Waals surface area contributed by atoms with Crippen LogP contribution in [0.4, 0.5) is 24.1 Å². The standard InChI is InChI=1S/C31H29F3N8O2S/c1-5-22(43)40-11-12-41(15-31(33,34)14-40)27-19-13-20(32)24(18-7-6-8-21-25(18)38-29(35)45-21)37-28(19)42(30(44)39-27)26-17(4)9-10-36-23(26)16(2)3/h5-10,13,16H,1,11-12,14-15H2,2-4H3,(H2,35,38). The van der Waals surface area contributed by atoms with Gasteiger partial charge in [0.1, 0.15) is 17.3 Å². The number of nitrogen functional groups attached to an aromatic ring is 1. The van der Waals surface area contributed by atoms with E-state index in [0.717, 1.165) is 21.7 Å². The second-order valence-corrected chi connectivity index (χ2v) is 12.3. The molecule has 1 amide bonds. The van der Waals surface area contributed by atoms with E-state index in [-0.39, 0.29) is 41.6 Å². The summed E-state index contributed by atoms with van der Waals surface area (Å²) in [5.41, 5.74) is 7.54. The summed E-state index contributed by atoms with van der Waals surface area (Å²) < 4.78 is 48.6. The van der Waals surface area contributed by atoms with Gasteiger partial charge in [0.05, 0.1) is 40.1 Å². The summed E-state index contributed by atoms with van der Waals surface area (Å²) in [6, 6.07) is 8.07. The van der Waals surface area contributed by atoms with Crippen LogP contribution in [0.25, 0.3) is 38.2 Å². The van der Waals surface area contributed by atoms with Crippen molar-refractivity contribution in [3.8, 4) is 16.9 Å². The van der Waals surface area contributed by atoms with Crippen LogP contribution in [0.1, 0.15) is 31.0 Å². The fourth-order valence-corrected chi connectivity index (χ4v) is 6.45. The number of anilines is 2. The summed E-state index contributed by atoms with van der Waals surface area (Å²) in [4.78, 5) is 46.3. The molecule has 14 heteroatoms. The zero-order valence-corrected chi connectivity index (χ0v) is 25.5. The minimum atomic E-state index is -3.37. The number of rotatable bonds is 5. The first-order valence-corrected chi connectivity index (χ1v) is 15.0. The van der Waals surface area contributed by atoms with Gasteiger partial charge in [-0.15, -0.1) is 0 Å². The fourth-order valence-electron chi connectivity index (χ4n) is 5.68. The van der Waals surface area contributed by atoms with Gasteiger partial charge in [-0.3, -0.25) is 9.78 Å². The van der Waals surface area contributed by atoms with E-state index >= 15 is 13.2 Å². The third kappa shape index (κ3) is 5.39. The SMILES string of the molecule is C=CC(=O)N1CCN(c2nc(=O)n(-c3c(C)ccnc3C(C)C)c3nc(-c4cccc5sc(N)nc45)c(F)cc23)CC(F)(F)C1. The van der Waals surface area contributed by atoms with E-state index in [4.69, 9.17) is 10.7 Å². The number of alkyl halides is 2. The van der Waals surface area contributed by atoms with Crippen LogP contribution in [0.5, 0.6) is 0 Å². The molecule has 10 nitrogen and oxygen atoms in total. The number of amides is 1. The Morgan fingerprint density at radius 2 is 1.93 bits per heavy atom. The molecule has 2 N–H and O–H groups in total. The molecule has 0 bridgehead atoms. The van der Waals surface area contributed by atoms with Crippen molar-refractivity contribution in [1.82, 2.24) is 29.4 Å². The van der Waals surface area contributed by atoms with Gasteiger partial charge in [-0.25, -0.2) is 32.5 Å². The van der Waals surface area contributed by atoms with Gasteiger partial charge >= 0.3 is 5.69 Å². The van der Waals surface area contributed by atoms with Gasteiger partial charge in [0.25, 0.3) is 5.92 Å². The second kappa shape index (κ2) is 11.3. The van der Waals surface area contributed by atoms with Crippen LogP contribution in [-0.2, 0) is 4.79 Å². The third-order valence-electron chi connectivity index (χ3n) is 7.69. The maximum absolute atomic E-state index is 16.2. The molecule has 4 aromatic heterocycles. The average molecular weight is 635 g/mol. The number of para-hydroxylation sites is 1. The van der Waals surface area contributed by atoms with Crippen LogP contribution >= 0.6 is 11.3 Å². The molecule has 1 aromatic carbocycles. The zero-order valence-electron chi connectivity index (χ0n) is 24.7. The Balaban J connectivity index is 1.66. The van der Waals surface area contributed by atoms with Gasteiger partial charge in [-0.05, 0) is 42.7 Å². The molecule has 0 atom stereocenters. The number of thiazole rings is 1. The molecular formula is C31H29F3N8O2S. The number of nitrogens with two attached hydrogens (primary N) is 1. The first kappa shape index (κ1) is 30.2. The molecule has 1 fully saturated rings. The van der Waals surface area contributed by atoms with Crippen LogP contribution in [0.3, 0.4) is 0 Å². The smallest absolute Gasteiger partial charge is 0.355 e. The van der Waals surface area contributed by atoms with Crippen molar-refractivity contribution in [1.29, 1.82) is 0 Å². The van der Waals surface area contributed by atoms with E-state index < -0.39 is 36.4 Å². The number of carbonyl (C=O) groups is 1. The number of hydrogen-bond acceptors (Lipinski definition) is 9. The normalized spacial score (nSPS) is 15.2. The molecule has 0 spiro atoms. The predicted molar refractivity (Wildman–Crippen MR) is 169 cm³/mol. The molecule has 6 rings (SSSR count). The summed E-state index contributed by atoms with van der Waals surface area (Å²) >= 11 is 1.24. The summed E-state index contributed by atoms with van der Waals surface area (Å²) in [5.74, 6) is -5.07. The summed E-state index contributed by atoms with van der Waals surface area (Å²) in [7, 11) is 0. The number of carbonyl (C=O) groups excluding carboxylic acids is 1. The predicted octanol–water partition coefficient (Wildman–Crippen LogP) is 5.08. The molecule has 1 aliphatic heterocycles. The van der Waals surface area contributed by atoms with Gasteiger partial charge in [-0.1, -0.05) is 43.9 Å². The lowest BCUT2D eigenvalue weighted by molar-refractivity contribution is -0.130. The van der Waals surface area contributed by atoms with Gasteiger partial charge in [0.15, 0.2) is 10.8 Å². The molecule has 0 unspecified atom stereocenters. The zero-order chi connectivity index (χ0) is 32.2. The van der Waals surface area contributed by atoms with Gasteiger partial charge in [0.2, 0.25) is 5.91 Å². The molecule has 232 valence electrons. The molecule has 5 heterocycles. The van der Waals surface area contributed by atoms with Crippen LogP contribution in [0.15, 0.2) is 54.0 Å². The van der Waals surface area contributed by atoms with Crippen molar-refractivity contribution >= 4 is 49.4 Å². The Kier molecular flexibility index (Phi) is 7.55. The molecule has 1 aliphatic rings. The van der Waals surface area contributed by atoms with Gasteiger partial charge in [0, 0.05) is 24.8 Å². The number of nitrogens with zero attached hydrogens (tertiary/aromatic N) is 7. The van der Waals surface area contributed by atoms with Crippen LogP contribution in [0.2, 0.25) is 0 Å². The Hall–Kier alpha value is -4.85. The number of aryl methyl sites for hydroxylation is 1. The van der Waals surface area contributed by atoms with Crippen molar-refractivity contribution in [2.45, 2.75) is 32.6 Å². The summed E-state index contributed by atoms with van der Waals surface area (Å²) in [6.45, 7) is 7.16. The van der Waals surface area contributed by atoms with E-state index in [0.29, 0.717) is 33.2 Å². The van der Waals surface area contributed by atoms with Crippen LogP contribution < -0.4 is 16.3 Å². The highest BCUT2D eigenvalue weighted by atomic mass is 32.1. The number of hydrogen-bond donors (Lipinski definition) is 1. The highest BCUT2D eigenvalue weighted by Gasteiger charge is 2.39. The first-order chi connectivity index (χ1) is 21.4. The topological polar surface area (TPSA) is 123 Å². The van der Waals surface area contributed by atoms with E-state index in [2.05, 4.69) is 21.5 Å². The van der Waals surface area contributed by atoms with Crippen molar-refractivity contribution in [2.24, 2.45) is 0 Å². The Labute approximate surface area is 259 Å². The second-order valence-electron chi connectivity index (χ2n) is 11.2. The molecule has 1 saturated heterocycles. The van der Waals surface area contributed by atoms with E-state index in [1.54, 1.807) is 37.4 Å². The van der Waals surface area contributed by atoms with E-state index in [1.165, 1.54) is 20.8 Å². The first-order valence-electron chi connectivity index (χ1n) is 14.2. The van der Waals surface area contributed by atoms with Crippen molar-refractivity contribution in [3.63, 3.8) is 0 Å². The third-order valence-corrected chi connectivity index (χ3v) is 8.54. The minimum absolute atomic E-state index is 0.00573. The van der Waals surface area contributed by atoms with Gasteiger partial charge < -0.3 is 15.5 Å². The monoisotopic (exact) mass is 634 g/mol. The number of halogens is 3. The van der Waals surface area contributed by atoms with E-state index in [9.17, 15) is 9.59 Å². The number of benzene rings is 1. The molecule has 0 radical (unpaired) electrons. The number of aromatic nitrogens is 5. The molecular weight excluding hydrogens is 605 g/mol. The Morgan fingerprint density at radius 1 is 1.16 bits per heavy atom. The average Bonchev–Trinajstić information content (AvgIpc) is 3.29. The Morgan fingerprint density at radius 3 is 2.67 bits per heavy atom. The summed E-state index contributed by atoms with van der Waals surface area (Å²) in [6.07, 6.45) is 2.60. The van der Waals surface area contributed by atoms with Crippen molar-refractivity contribution in [3.05, 3.63) is 76.7 Å². The molecule has 45 heavy (non-hydrogen) atoms. The highest BCUT2D eigenvalue weighted by Crippen LogP contribution is 2.37. The summed E-state index contributed by atoms with van der Waals surface area (Å²) in [5, 5.41) is 0.332. The van der Waals surface area contributed by atoms with Crippen LogP contribution in [-0.4, -0.2) is 67.4 Å². The maximum atomic E-state index is 16.2. The van der Waals surface area contributed by atoms with Crippen molar-refractivity contribution in [2.75, 3.05) is 36.8 Å². The largest absolute Gasteiger partial charge is 0.375 e. The quantitative estimate of drug-likeness (QED) is 0.266. The van der Waals surface area contributed by atoms with Gasteiger partial charge in [-0.2, -0.15) is 4.98 Å². The highest BCUT2D eigenvalue weighted by molar-refractivity contribution is 7.22. The van der Waals surface area contributed by atoms with Crippen molar-refractivity contribution < 1.29 is 18.0 Å².